The van der Waals surface area contributed by atoms with Gasteiger partial charge < -0.3 is 10.1 Å². The van der Waals surface area contributed by atoms with E-state index in [9.17, 15) is 4.39 Å². The Bertz CT molecular complexity index is 321. The number of hydrogen-bond acceptors (Lipinski definition) is 2. The van der Waals surface area contributed by atoms with Gasteiger partial charge in [-0.15, -0.1) is 0 Å². The average Bonchev–Trinajstić information content (AvgIpc) is 2.19. The van der Waals surface area contributed by atoms with Crippen molar-refractivity contribution in [1.29, 1.82) is 0 Å². The molecule has 0 bridgehead atoms. The molecule has 1 aliphatic rings. The first-order chi connectivity index (χ1) is 6.77. The quantitative estimate of drug-likeness (QED) is 0.737. The summed E-state index contributed by atoms with van der Waals surface area (Å²) in [6.45, 7) is 4.35. The largest absolute Gasteiger partial charge is 0.371 e. The monoisotopic (exact) mass is 195 g/mol. The van der Waals surface area contributed by atoms with Crippen LogP contribution in [0.15, 0.2) is 18.2 Å². The van der Waals surface area contributed by atoms with Crippen LogP contribution in [0.2, 0.25) is 0 Å². The third kappa shape index (κ3) is 1.94. The Morgan fingerprint density at radius 2 is 2.36 bits per heavy atom. The van der Waals surface area contributed by atoms with Gasteiger partial charge in [-0.25, -0.2) is 4.39 Å². The van der Waals surface area contributed by atoms with Crippen LogP contribution in [0.25, 0.3) is 0 Å². The van der Waals surface area contributed by atoms with Gasteiger partial charge in [-0.05, 0) is 30.2 Å². The van der Waals surface area contributed by atoms with E-state index in [1.165, 1.54) is 6.07 Å². The first kappa shape index (κ1) is 9.62. The van der Waals surface area contributed by atoms with Gasteiger partial charge in [0.05, 0.1) is 12.7 Å². The van der Waals surface area contributed by atoms with Gasteiger partial charge in [-0.1, -0.05) is 6.07 Å². The molecule has 1 aliphatic heterocycles. The molecule has 1 N–H and O–H groups in total. The lowest BCUT2D eigenvalue weighted by molar-refractivity contribution is 0.0273. The molecule has 1 saturated heterocycles. The summed E-state index contributed by atoms with van der Waals surface area (Å²) in [5.41, 5.74) is 2.04. The van der Waals surface area contributed by atoms with E-state index in [2.05, 4.69) is 5.32 Å². The zero-order chi connectivity index (χ0) is 9.97. The molecule has 1 fully saturated rings. The number of hydrogen-bond donors (Lipinski definition) is 1. The third-order valence-corrected chi connectivity index (χ3v) is 2.51. The maximum absolute atomic E-state index is 12.9. The molecule has 76 valence electrons. The van der Waals surface area contributed by atoms with Gasteiger partial charge in [0.25, 0.3) is 0 Å². The summed E-state index contributed by atoms with van der Waals surface area (Å²) >= 11 is 0. The molecule has 0 aliphatic carbocycles. The van der Waals surface area contributed by atoms with Crippen molar-refractivity contribution >= 4 is 0 Å². The number of aryl methyl sites for hydroxylation is 1. The van der Waals surface area contributed by atoms with E-state index in [4.69, 9.17) is 4.74 Å². The van der Waals surface area contributed by atoms with E-state index in [-0.39, 0.29) is 11.9 Å². The minimum absolute atomic E-state index is 0.0735. The van der Waals surface area contributed by atoms with Crippen molar-refractivity contribution in [1.82, 2.24) is 5.32 Å². The van der Waals surface area contributed by atoms with Gasteiger partial charge in [-0.2, -0.15) is 0 Å². The maximum atomic E-state index is 12.9. The smallest absolute Gasteiger partial charge is 0.123 e. The summed E-state index contributed by atoms with van der Waals surface area (Å²) in [5.74, 6) is -0.185. The average molecular weight is 195 g/mol. The van der Waals surface area contributed by atoms with Gasteiger partial charge in [-0.3, -0.25) is 0 Å². The molecule has 0 amide bonds. The number of ether oxygens (including phenoxy) is 1. The van der Waals surface area contributed by atoms with Gasteiger partial charge in [0, 0.05) is 13.1 Å². The highest BCUT2D eigenvalue weighted by molar-refractivity contribution is 5.29. The van der Waals surface area contributed by atoms with Gasteiger partial charge in [0.1, 0.15) is 5.82 Å². The number of morpholine rings is 1. The minimum Gasteiger partial charge on any atom is -0.371 e. The van der Waals surface area contributed by atoms with Crippen LogP contribution in [0.5, 0.6) is 0 Å². The molecule has 0 spiro atoms. The van der Waals surface area contributed by atoms with Crippen LogP contribution >= 0.6 is 0 Å². The molecule has 0 radical (unpaired) electrons. The first-order valence-electron chi connectivity index (χ1n) is 4.86. The van der Waals surface area contributed by atoms with Crippen LogP contribution in [0.3, 0.4) is 0 Å². The Kier molecular flexibility index (Phi) is 2.79. The van der Waals surface area contributed by atoms with Crippen LogP contribution in [-0.2, 0) is 4.74 Å². The first-order valence-corrected chi connectivity index (χ1v) is 4.86. The van der Waals surface area contributed by atoms with Crippen molar-refractivity contribution in [2.75, 3.05) is 19.7 Å². The predicted molar refractivity (Wildman–Crippen MR) is 52.7 cm³/mol. The molecule has 3 heteroatoms. The van der Waals surface area contributed by atoms with Crippen molar-refractivity contribution < 1.29 is 9.13 Å². The second-order valence-corrected chi connectivity index (χ2v) is 3.56. The molecule has 0 saturated carbocycles. The fourth-order valence-corrected chi connectivity index (χ4v) is 1.77. The molecule has 1 unspecified atom stereocenters. The predicted octanol–water partition coefficient (Wildman–Crippen LogP) is 1.80. The zero-order valence-corrected chi connectivity index (χ0v) is 8.22. The van der Waals surface area contributed by atoms with E-state index in [1.54, 1.807) is 6.07 Å². The lowest BCUT2D eigenvalue weighted by atomic mass is 10.0. The van der Waals surface area contributed by atoms with Gasteiger partial charge >= 0.3 is 0 Å². The van der Waals surface area contributed by atoms with Crippen molar-refractivity contribution in [2.24, 2.45) is 0 Å². The zero-order valence-electron chi connectivity index (χ0n) is 8.22. The molecular weight excluding hydrogens is 181 g/mol. The highest BCUT2D eigenvalue weighted by Gasteiger charge is 2.17. The van der Waals surface area contributed by atoms with Crippen molar-refractivity contribution in [2.45, 2.75) is 13.0 Å². The topological polar surface area (TPSA) is 21.3 Å². The summed E-state index contributed by atoms with van der Waals surface area (Å²) < 4.78 is 18.5. The Labute approximate surface area is 83.1 Å². The second-order valence-electron chi connectivity index (χ2n) is 3.56. The third-order valence-electron chi connectivity index (χ3n) is 2.51. The molecule has 1 atom stereocenters. The summed E-state index contributed by atoms with van der Waals surface area (Å²) in [7, 11) is 0. The molecule has 0 aromatic heterocycles. The lowest BCUT2D eigenvalue weighted by Gasteiger charge is -2.25. The van der Waals surface area contributed by atoms with E-state index < -0.39 is 0 Å². The van der Waals surface area contributed by atoms with Crippen LogP contribution in [-0.4, -0.2) is 19.7 Å². The van der Waals surface area contributed by atoms with Gasteiger partial charge in [0.2, 0.25) is 0 Å². The fraction of sp³-hybridized carbons (Fsp3) is 0.455. The lowest BCUT2D eigenvalue weighted by Crippen LogP contribution is -2.33. The number of benzene rings is 1. The Hall–Kier alpha value is -0.930. The van der Waals surface area contributed by atoms with Crippen LogP contribution in [0.4, 0.5) is 4.39 Å². The molecular formula is C11H14FNO. The summed E-state index contributed by atoms with van der Waals surface area (Å²) in [6, 6.07) is 4.84. The normalized spacial score (nSPS) is 22.3. The number of rotatable bonds is 1. The molecule has 1 aromatic carbocycles. The number of nitrogens with one attached hydrogen (secondary N) is 1. The van der Waals surface area contributed by atoms with E-state index >= 15 is 0 Å². The molecule has 14 heavy (non-hydrogen) atoms. The summed E-state index contributed by atoms with van der Waals surface area (Å²) in [5, 5.41) is 3.26. The van der Waals surface area contributed by atoms with Crippen molar-refractivity contribution in [3.63, 3.8) is 0 Å². The highest BCUT2D eigenvalue weighted by Crippen LogP contribution is 2.22. The maximum Gasteiger partial charge on any atom is 0.123 e. The van der Waals surface area contributed by atoms with E-state index in [0.717, 1.165) is 30.8 Å². The Morgan fingerprint density at radius 3 is 3.00 bits per heavy atom. The Morgan fingerprint density at radius 1 is 1.50 bits per heavy atom. The van der Waals surface area contributed by atoms with Crippen LogP contribution in [0, 0.1) is 12.7 Å². The van der Waals surface area contributed by atoms with Crippen molar-refractivity contribution in [3.05, 3.63) is 35.1 Å². The van der Waals surface area contributed by atoms with Gasteiger partial charge in [0.15, 0.2) is 0 Å². The molecule has 2 rings (SSSR count). The summed E-state index contributed by atoms with van der Waals surface area (Å²) in [4.78, 5) is 0. The van der Waals surface area contributed by atoms with E-state index in [0.29, 0.717) is 0 Å². The Balaban J connectivity index is 2.22. The molecule has 1 aromatic rings. The van der Waals surface area contributed by atoms with E-state index in [1.807, 2.05) is 13.0 Å². The fourth-order valence-electron chi connectivity index (χ4n) is 1.77. The standard InChI is InChI=1S/C11H14FNO/c1-8-6-9(12)2-3-10(8)11-7-13-4-5-14-11/h2-3,6,11,13H,4-5,7H2,1H3. The SMILES string of the molecule is Cc1cc(F)ccc1C1CNCCO1. The number of halogens is 1. The van der Waals surface area contributed by atoms with Crippen LogP contribution in [0.1, 0.15) is 17.2 Å². The second kappa shape index (κ2) is 4.07. The summed E-state index contributed by atoms with van der Waals surface area (Å²) in [6.07, 6.45) is 0.0735. The van der Waals surface area contributed by atoms with Crippen LogP contribution < -0.4 is 5.32 Å². The molecule has 1 heterocycles. The minimum atomic E-state index is -0.185. The molecule has 2 nitrogen and oxygen atoms in total. The van der Waals surface area contributed by atoms with Crippen molar-refractivity contribution in [3.8, 4) is 0 Å². The highest BCUT2D eigenvalue weighted by atomic mass is 19.1.